The lowest BCUT2D eigenvalue weighted by Gasteiger charge is -2.04. The molecule has 18 heavy (non-hydrogen) atoms. The fourth-order valence-electron chi connectivity index (χ4n) is 1.38. The van der Waals surface area contributed by atoms with E-state index in [9.17, 15) is 14.9 Å². The van der Waals surface area contributed by atoms with Gasteiger partial charge in [0.2, 0.25) is 5.78 Å². The maximum absolute atomic E-state index is 11.7. The smallest absolute Gasteiger partial charge is 0.310 e. The zero-order chi connectivity index (χ0) is 13.0. The predicted octanol–water partition coefficient (Wildman–Crippen LogP) is 2.92. The molecule has 0 aliphatic heterocycles. The summed E-state index contributed by atoms with van der Waals surface area (Å²) >= 11 is 1.31. The zero-order valence-corrected chi connectivity index (χ0v) is 10.1. The van der Waals surface area contributed by atoms with Gasteiger partial charge in [-0.2, -0.15) is 0 Å². The van der Waals surface area contributed by atoms with Gasteiger partial charge in [0.25, 0.3) is 0 Å². The highest BCUT2D eigenvalue weighted by Gasteiger charge is 2.15. The Kier molecular flexibility index (Phi) is 3.69. The zero-order valence-electron chi connectivity index (χ0n) is 9.24. The highest BCUT2D eigenvalue weighted by molar-refractivity contribution is 7.12. The summed E-state index contributed by atoms with van der Waals surface area (Å²) in [4.78, 5) is 22.5. The molecule has 0 amide bonds. The van der Waals surface area contributed by atoms with Crippen molar-refractivity contribution in [3.05, 3.63) is 56.8 Å². The Morgan fingerprint density at radius 2 is 2.06 bits per heavy atom. The normalized spacial score (nSPS) is 10.0. The third kappa shape index (κ3) is 2.72. The summed E-state index contributed by atoms with van der Waals surface area (Å²) in [6, 6.07) is 9.44. The molecule has 1 heterocycles. The Labute approximate surface area is 107 Å². The number of benzene rings is 1. The Balaban J connectivity index is 2.07. The summed E-state index contributed by atoms with van der Waals surface area (Å²) < 4.78 is 5.20. The molecular formula is C12H9NO4S. The molecule has 6 heteroatoms. The molecule has 0 atom stereocenters. The van der Waals surface area contributed by atoms with Gasteiger partial charge in [0.05, 0.1) is 9.80 Å². The number of para-hydroxylation sites is 2. The predicted molar refractivity (Wildman–Crippen MR) is 67.2 cm³/mol. The molecule has 0 aliphatic carbocycles. The van der Waals surface area contributed by atoms with Crippen LogP contribution >= 0.6 is 11.3 Å². The molecule has 92 valence electrons. The van der Waals surface area contributed by atoms with Crippen molar-refractivity contribution < 1.29 is 14.5 Å². The Morgan fingerprint density at radius 3 is 2.72 bits per heavy atom. The number of rotatable bonds is 5. The van der Waals surface area contributed by atoms with E-state index in [1.54, 1.807) is 29.6 Å². The van der Waals surface area contributed by atoms with Gasteiger partial charge in [-0.1, -0.05) is 18.2 Å². The van der Waals surface area contributed by atoms with Crippen LogP contribution in [0.5, 0.6) is 5.75 Å². The van der Waals surface area contributed by atoms with Crippen LogP contribution in [0.2, 0.25) is 0 Å². The first kappa shape index (κ1) is 12.3. The summed E-state index contributed by atoms with van der Waals surface area (Å²) in [7, 11) is 0. The van der Waals surface area contributed by atoms with Crippen LogP contribution in [-0.4, -0.2) is 17.3 Å². The number of carbonyl (C=O) groups is 1. The molecule has 0 bridgehead atoms. The molecule has 5 nitrogen and oxygen atoms in total. The number of nitrogens with zero attached hydrogens (tertiary/aromatic N) is 1. The minimum atomic E-state index is -0.537. The fraction of sp³-hybridized carbons (Fsp3) is 0.0833. The molecule has 2 aromatic rings. The van der Waals surface area contributed by atoms with Gasteiger partial charge in [-0.3, -0.25) is 14.9 Å². The fourth-order valence-corrected chi connectivity index (χ4v) is 2.03. The van der Waals surface area contributed by atoms with Gasteiger partial charge in [-0.15, -0.1) is 11.3 Å². The van der Waals surface area contributed by atoms with Crippen LogP contribution in [0, 0.1) is 10.1 Å². The molecule has 0 aliphatic rings. The first-order valence-corrected chi connectivity index (χ1v) is 5.99. The van der Waals surface area contributed by atoms with Crippen molar-refractivity contribution in [2.75, 3.05) is 6.61 Å². The van der Waals surface area contributed by atoms with E-state index in [0.717, 1.165) is 0 Å². The molecule has 0 saturated carbocycles. The second-order valence-corrected chi connectivity index (χ2v) is 4.36. The van der Waals surface area contributed by atoms with Crippen molar-refractivity contribution in [3.8, 4) is 5.75 Å². The van der Waals surface area contributed by atoms with Gasteiger partial charge in [-0.25, -0.2) is 0 Å². The highest BCUT2D eigenvalue weighted by atomic mass is 32.1. The van der Waals surface area contributed by atoms with Crippen LogP contribution in [0.1, 0.15) is 9.67 Å². The average Bonchev–Trinajstić information content (AvgIpc) is 2.90. The van der Waals surface area contributed by atoms with Gasteiger partial charge in [0, 0.05) is 6.07 Å². The molecule has 2 rings (SSSR count). The summed E-state index contributed by atoms with van der Waals surface area (Å²) in [6.07, 6.45) is 0. The highest BCUT2D eigenvalue weighted by Crippen LogP contribution is 2.26. The van der Waals surface area contributed by atoms with Crippen molar-refractivity contribution in [3.63, 3.8) is 0 Å². The number of nitro benzene ring substituents is 1. The molecule has 0 spiro atoms. The van der Waals surface area contributed by atoms with Crippen LogP contribution in [0.15, 0.2) is 41.8 Å². The first-order valence-electron chi connectivity index (χ1n) is 5.11. The summed E-state index contributed by atoms with van der Waals surface area (Å²) in [5, 5.41) is 12.5. The Morgan fingerprint density at radius 1 is 1.28 bits per heavy atom. The largest absolute Gasteiger partial charge is 0.478 e. The molecule has 0 radical (unpaired) electrons. The third-order valence-corrected chi connectivity index (χ3v) is 3.13. The molecule has 0 N–H and O–H groups in total. The summed E-state index contributed by atoms with van der Waals surface area (Å²) in [6.45, 7) is -0.203. The van der Waals surface area contributed by atoms with E-state index >= 15 is 0 Å². The van der Waals surface area contributed by atoms with Gasteiger partial charge < -0.3 is 4.74 Å². The van der Waals surface area contributed by atoms with E-state index in [1.807, 2.05) is 0 Å². The number of carbonyl (C=O) groups excluding carboxylic acids is 1. The van der Waals surface area contributed by atoms with Crippen LogP contribution in [0.4, 0.5) is 5.69 Å². The van der Waals surface area contributed by atoms with Crippen molar-refractivity contribution in [1.82, 2.24) is 0 Å². The number of nitro groups is 1. The second-order valence-electron chi connectivity index (χ2n) is 3.41. The van der Waals surface area contributed by atoms with Crippen LogP contribution in [0.3, 0.4) is 0 Å². The quantitative estimate of drug-likeness (QED) is 0.472. The topological polar surface area (TPSA) is 69.4 Å². The summed E-state index contributed by atoms with van der Waals surface area (Å²) in [5.74, 6) is -0.0874. The minimum absolute atomic E-state index is 0.104. The van der Waals surface area contributed by atoms with E-state index in [2.05, 4.69) is 0 Å². The summed E-state index contributed by atoms with van der Waals surface area (Å²) in [5.41, 5.74) is -0.142. The first-order chi connectivity index (χ1) is 8.68. The minimum Gasteiger partial charge on any atom is -0.478 e. The molecule has 1 aromatic heterocycles. The average molecular weight is 263 g/mol. The molecule has 1 aromatic carbocycles. The maximum Gasteiger partial charge on any atom is 0.310 e. The van der Waals surface area contributed by atoms with Crippen molar-refractivity contribution in [1.29, 1.82) is 0 Å². The molecular weight excluding hydrogens is 254 g/mol. The number of ketones is 1. The van der Waals surface area contributed by atoms with Crippen LogP contribution in [0.25, 0.3) is 0 Å². The number of Topliss-reactive ketones (excluding diaryl/α,β-unsaturated/α-hetero) is 1. The maximum atomic E-state index is 11.7. The number of hydrogen-bond donors (Lipinski definition) is 0. The number of thiophene rings is 1. The second kappa shape index (κ2) is 5.42. The van der Waals surface area contributed by atoms with Crippen molar-refractivity contribution >= 4 is 22.8 Å². The molecule has 0 unspecified atom stereocenters. The number of ether oxygens (including phenoxy) is 1. The molecule has 0 saturated heterocycles. The standard InChI is InChI=1S/C12H9NO4S/c14-10(12-6-3-7-18-12)8-17-11-5-2-1-4-9(11)13(15)16/h1-7H,8H2. The lowest BCUT2D eigenvalue weighted by molar-refractivity contribution is -0.385. The van der Waals surface area contributed by atoms with Crippen LogP contribution < -0.4 is 4.74 Å². The Bertz CT molecular complexity index is 565. The van der Waals surface area contributed by atoms with E-state index in [0.29, 0.717) is 4.88 Å². The van der Waals surface area contributed by atoms with E-state index in [1.165, 1.54) is 23.5 Å². The number of hydrogen-bond acceptors (Lipinski definition) is 5. The monoisotopic (exact) mass is 263 g/mol. The SMILES string of the molecule is O=C(COc1ccccc1[N+](=O)[O-])c1cccs1. The van der Waals surface area contributed by atoms with Gasteiger partial charge in [0.15, 0.2) is 12.4 Å². The van der Waals surface area contributed by atoms with Crippen molar-refractivity contribution in [2.45, 2.75) is 0 Å². The lowest BCUT2D eigenvalue weighted by atomic mass is 10.3. The van der Waals surface area contributed by atoms with Gasteiger partial charge >= 0.3 is 5.69 Å². The van der Waals surface area contributed by atoms with Gasteiger partial charge in [0.1, 0.15) is 0 Å². The third-order valence-electron chi connectivity index (χ3n) is 2.22. The van der Waals surface area contributed by atoms with E-state index < -0.39 is 4.92 Å². The molecule has 0 fully saturated rings. The van der Waals surface area contributed by atoms with Gasteiger partial charge in [-0.05, 0) is 17.5 Å². The van der Waals surface area contributed by atoms with Crippen molar-refractivity contribution in [2.24, 2.45) is 0 Å². The Hall–Kier alpha value is -2.21. The van der Waals surface area contributed by atoms with E-state index in [4.69, 9.17) is 4.74 Å². The van der Waals surface area contributed by atoms with Crippen LogP contribution in [-0.2, 0) is 0 Å². The van der Waals surface area contributed by atoms with E-state index in [-0.39, 0.29) is 23.8 Å². The lowest BCUT2D eigenvalue weighted by Crippen LogP contribution is -2.10.